The lowest BCUT2D eigenvalue weighted by atomic mass is 9.80. The Balaban J connectivity index is 1.49. The Hall–Kier alpha value is -3.54. The fourth-order valence-electron chi connectivity index (χ4n) is 4.70. The second-order valence-electron chi connectivity index (χ2n) is 8.57. The van der Waals surface area contributed by atoms with Gasteiger partial charge in [0.25, 0.3) is 0 Å². The molecule has 0 fully saturated rings. The zero-order valence-corrected chi connectivity index (χ0v) is 21.2. The number of Topliss-reactive ketones (excluding diaryl/α,β-unsaturated/α-hetero) is 1. The highest BCUT2D eigenvalue weighted by atomic mass is 35.5. The van der Waals surface area contributed by atoms with Crippen LogP contribution in [0, 0.1) is 0 Å². The van der Waals surface area contributed by atoms with Gasteiger partial charge in [-0.3, -0.25) is 4.79 Å². The van der Waals surface area contributed by atoms with Gasteiger partial charge in [-0.25, -0.2) is 4.79 Å². The van der Waals surface area contributed by atoms with Crippen LogP contribution in [-0.2, 0) is 16.1 Å². The van der Waals surface area contributed by atoms with Crippen molar-refractivity contribution in [3.63, 3.8) is 0 Å². The topological polar surface area (TPSA) is 64.6 Å². The van der Waals surface area contributed by atoms with E-state index in [0.29, 0.717) is 38.2 Å². The summed E-state index contributed by atoms with van der Waals surface area (Å²) in [5, 5.41) is 4.40. The average molecular weight is 520 g/mol. The van der Waals surface area contributed by atoms with Gasteiger partial charge in [0.1, 0.15) is 12.4 Å². The molecule has 2 aliphatic rings. The van der Waals surface area contributed by atoms with Crippen LogP contribution in [0.2, 0.25) is 10.0 Å². The SMILES string of the molecule is CCOC(=O)C1=C(C)NC2=C(C(=O)c3ccccc32)[C@@H]1c1ccc(OCc2ccc(Cl)cc2Cl)cc1. The first-order valence-corrected chi connectivity index (χ1v) is 12.3. The molecule has 0 spiro atoms. The third kappa shape index (κ3) is 4.29. The minimum Gasteiger partial charge on any atom is -0.489 e. The zero-order valence-electron chi connectivity index (χ0n) is 19.7. The molecular formula is C29H23Cl2NO4. The maximum atomic E-state index is 13.5. The maximum Gasteiger partial charge on any atom is 0.336 e. The van der Waals surface area contributed by atoms with Gasteiger partial charge >= 0.3 is 5.97 Å². The van der Waals surface area contributed by atoms with Crippen molar-refractivity contribution in [3.05, 3.63) is 116 Å². The van der Waals surface area contributed by atoms with Crippen molar-refractivity contribution < 1.29 is 19.1 Å². The summed E-state index contributed by atoms with van der Waals surface area (Å²) in [6, 6.07) is 20.1. The summed E-state index contributed by atoms with van der Waals surface area (Å²) in [4.78, 5) is 26.6. The molecule has 0 bridgehead atoms. The lowest BCUT2D eigenvalue weighted by Crippen LogP contribution is -2.29. The molecule has 0 unspecified atom stereocenters. The van der Waals surface area contributed by atoms with Gasteiger partial charge in [-0.15, -0.1) is 0 Å². The van der Waals surface area contributed by atoms with Crippen LogP contribution < -0.4 is 10.1 Å². The summed E-state index contributed by atoms with van der Waals surface area (Å²) in [6.45, 7) is 4.11. The molecule has 1 aliphatic carbocycles. The fourth-order valence-corrected chi connectivity index (χ4v) is 5.16. The van der Waals surface area contributed by atoms with Gasteiger partial charge in [0, 0.05) is 43.9 Å². The number of ketones is 1. The van der Waals surface area contributed by atoms with Crippen LogP contribution in [0.1, 0.15) is 46.8 Å². The van der Waals surface area contributed by atoms with E-state index in [9.17, 15) is 9.59 Å². The normalized spacial score (nSPS) is 16.4. The molecule has 1 N–H and O–H groups in total. The lowest BCUT2D eigenvalue weighted by molar-refractivity contribution is -0.138. The third-order valence-corrected chi connectivity index (χ3v) is 6.95. The number of benzene rings is 3. The number of hydrogen-bond acceptors (Lipinski definition) is 5. The maximum absolute atomic E-state index is 13.5. The minimum absolute atomic E-state index is 0.0925. The van der Waals surface area contributed by atoms with Gasteiger partial charge in [-0.2, -0.15) is 0 Å². The quantitative estimate of drug-likeness (QED) is 0.367. The summed E-state index contributed by atoms with van der Waals surface area (Å²) in [5.41, 5.74) is 5.45. The molecule has 0 saturated heterocycles. The Labute approximate surface area is 219 Å². The molecule has 3 aromatic carbocycles. The van der Waals surface area contributed by atoms with Crippen LogP contribution in [0.5, 0.6) is 5.75 Å². The number of ether oxygens (including phenoxy) is 2. The summed E-state index contributed by atoms with van der Waals surface area (Å²) in [5.74, 6) is -0.474. The van der Waals surface area contributed by atoms with Gasteiger partial charge in [-0.1, -0.05) is 65.7 Å². The second kappa shape index (κ2) is 9.84. The minimum atomic E-state index is -0.569. The van der Waals surface area contributed by atoms with Crippen molar-refractivity contribution in [2.45, 2.75) is 26.4 Å². The standard InChI is InChI=1S/C29H23Cl2NO4/c1-3-35-29(34)24-16(2)32-27-21-6-4-5-7-22(21)28(33)26(27)25(24)17-9-12-20(13-10-17)36-15-18-8-11-19(30)14-23(18)31/h4-14,25,32H,3,15H2,1-2H3/t25-/m1/s1. The Morgan fingerprint density at radius 2 is 1.72 bits per heavy atom. The fraction of sp³-hybridized carbons (Fsp3) is 0.172. The molecule has 0 radical (unpaired) electrons. The van der Waals surface area contributed by atoms with Crippen molar-refractivity contribution in [2.24, 2.45) is 0 Å². The molecule has 36 heavy (non-hydrogen) atoms. The predicted molar refractivity (Wildman–Crippen MR) is 140 cm³/mol. The van der Waals surface area contributed by atoms with Crippen LogP contribution in [-0.4, -0.2) is 18.4 Å². The number of hydrogen-bond donors (Lipinski definition) is 1. The van der Waals surface area contributed by atoms with Gasteiger partial charge in [0.15, 0.2) is 5.78 Å². The summed E-state index contributed by atoms with van der Waals surface area (Å²) in [7, 11) is 0. The van der Waals surface area contributed by atoms with Gasteiger partial charge in [0.2, 0.25) is 0 Å². The molecular weight excluding hydrogens is 497 g/mol. The van der Waals surface area contributed by atoms with Gasteiger partial charge in [-0.05, 0) is 43.7 Å². The van der Waals surface area contributed by atoms with Crippen molar-refractivity contribution in [1.29, 1.82) is 0 Å². The van der Waals surface area contributed by atoms with Gasteiger partial charge in [0.05, 0.1) is 17.9 Å². The van der Waals surface area contributed by atoms with Gasteiger partial charge < -0.3 is 14.8 Å². The Morgan fingerprint density at radius 3 is 2.42 bits per heavy atom. The third-order valence-electron chi connectivity index (χ3n) is 6.37. The highest BCUT2D eigenvalue weighted by molar-refractivity contribution is 6.35. The number of allylic oxidation sites excluding steroid dienone is 2. The van der Waals surface area contributed by atoms with E-state index < -0.39 is 11.9 Å². The molecule has 0 saturated carbocycles. The first kappa shape index (κ1) is 24.2. The van der Waals surface area contributed by atoms with Crippen LogP contribution >= 0.6 is 23.2 Å². The van der Waals surface area contributed by atoms with E-state index in [1.165, 1.54) is 0 Å². The van der Waals surface area contributed by atoms with E-state index in [0.717, 1.165) is 22.4 Å². The molecule has 182 valence electrons. The first-order valence-electron chi connectivity index (χ1n) is 11.6. The van der Waals surface area contributed by atoms with Crippen molar-refractivity contribution in [3.8, 4) is 5.75 Å². The van der Waals surface area contributed by atoms with Crippen molar-refractivity contribution >= 4 is 40.7 Å². The van der Waals surface area contributed by atoms with Crippen molar-refractivity contribution in [2.75, 3.05) is 6.61 Å². The molecule has 1 atom stereocenters. The molecule has 1 aliphatic heterocycles. The first-order chi connectivity index (χ1) is 17.4. The molecule has 7 heteroatoms. The average Bonchev–Trinajstić information content (AvgIpc) is 3.15. The zero-order chi connectivity index (χ0) is 25.4. The van der Waals surface area contributed by atoms with Crippen molar-refractivity contribution in [1.82, 2.24) is 5.32 Å². The summed E-state index contributed by atoms with van der Waals surface area (Å²) in [6.07, 6.45) is 0. The molecule has 3 aromatic rings. The monoisotopic (exact) mass is 519 g/mol. The molecule has 5 nitrogen and oxygen atoms in total. The number of rotatable bonds is 6. The Kier molecular flexibility index (Phi) is 6.61. The van der Waals surface area contributed by atoms with Crippen LogP contribution in [0.15, 0.2) is 83.6 Å². The molecule has 1 heterocycles. The van der Waals surface area contributed by atoms with E-state index in [1.54, 1.807) is 19.1 Å². The number of fused-ring (bicyclic) bond motifs is 2. The van der Waals surface area contributed by atoms with Crippen LogP contribution in [0.25, 0.3) is 5.70 Å². The molecule has 5 rings (SSSR count). The van der Waals surface area contributed by atoms with E-state index >= 15 is 0 Å². The van der Waals surface area contributed by atoms with Crippen LogP contribution in [0.4, 0.5) is 0 Å². The summed E-state index contributed by atoms with van der Waals surface area (Å²) < 4.78 is 11.3. The highest BCUT2D eigenvalue weighted by Crippen LogP contribution is 2.46. The van der Waals surface area contributed by atoms with E-state index in [-0.39, 0.29) is 19.0 Å². The number of esters is 1. The van der Waals surface area contributed by atoms with Crippen LogP contribution in [0.3, 0.4) is 0 Å². The Morgan fingerprint density at radius 1 is 1.00 bits per heavy atom. The molecule has 0 aromatic heterocycles. The number of carbonyl (C=O) groups excluding carboxylic acids is 2. The number of halogens is 2. The predicted octanol–water partition coefficient (Wildman–Crippen LogP) is 6.70. The molecule has 0 amide bonds. The largest absolute Gasteiger partial charge is 0.489 e. The Bertz CT molecular complexity index is 1440. The van der Waals surface area contributed by atoms with E-state index in [1.807, 2.05) is 61.5 Å². The second-order valence-corrected chi connectivity index (χ2v) is 9.42. The van der Waals surface area contributed by atoms with E-state index in [4.69, 9.17) is 32.7 Å². The smallest absolute Gasteiger partial charge is 0.336 e. The highest BCUT2D eigenvalue weighted by Gasteiger charge is 2.42. The summed E-state index contributed by atoms with van der Waals surface area (Å²) >= 11 is 12.2. The number of nitrogens with one attached hydrogen (secondary N) is 1. The van der Waals surface area contributed by atoms with E-state index in [2.05, 4.69) is 5.32 Å². The number of dihydropyridines is 1. The number of carbonyl (C=O) groups is 2. The lowest BCUT2D eigenvalue weighted by Gasteiger charge is -2.29.